The van der Waals surface area contributed by atoms with E-state index in [0.29, 0.717) is 6.42 Å². The van der Waals surface area contributed by atoms with Gasteiger partial charge < -0.3 is 14.9 Å². The third kappa shape index (κ3) is 13.6. The lowest BCUT2D eigenvalue weighted by Gasteiger charge is -2.08. The van der Waals surface area contributed by atoms with Gasteiger partial charge in [-0.15, -0.1) is 0 Å². The number of unbranched alkanes of at least 4 members (excludes halogenated alkanes) is 6. The van der Waals surface area contributed by atoms with Crippen LogP contribution in [0.4, 0.5) is 0 Å². The molecule has 4 nitrogen and oxygen atoms in total. The Labute approximate surface area is 122 Å². The standard InChI is InChI=1S/C16H30O4/c1-2-3-4-5-6-7-8-9-10-11-12-16(19)20-14-15(18)13-17/h4-5,15,17-18H,2-3,6-14H2,1H3/b5-4-. The smallest absolute Gasteiger partial charge is 0.305 e. The Kier molecular flexibility index (Phi) is 13.9. The molecular weight excluding hydrogens is 256 g/mol. The summed E-state index contributed by atoms with van der Waals surface area (Å²) in [5, 5.41) is 17.6. The highest BCUT2D eigenvalue weighted by atomic mass is 16.5. The van der Waals surface area contributed by atoms with E-state index < -0.39 is 6.10 Å². The van der Waals surface area contributed by atoms with Crippen molar-refractivity contribution in [1.29, 1.82) is 0 Å². The highest BCUT2D eigenvalue weighted by Crippen LogP contribution is 2.08. The van der Waals surface area contributed by atoms with Crippen molar-refractivity contribution in [2.24, 2.45) is 0 Å². The Hall–Kier alpha value is -0.870. The monoisotopic (exact) mass is 286 g/mol. The fraction of sp³-hybridized carbons (Fsp3) is 0.812. The minimum Gasteiger partial charge on any atom is -0.463 e. The zero-order valence-electron chi connectivity index (χ0n) is 12.7. The van der Waals surface area contributed by atoms with Gasteiger partial charge in [-0.1, -0.05) is 44.8 Å². The average molecular weight is 286 g/mol. The van der Waals surface area contributed by atoms with Crippen LogP contribution in [0.5, 0.6) is 0 Å². The second kappa shape index (κ2) is 14.5. The molecule has 0 bridgehead atoms. The number of rotatable bonds is 13. The number of aliphatic hydroxyl groups is 2. The lowest BCUT2D eigenvalue weighted by molar-refractivity contribution is -0.147. The maximum Gasteiger partial charge on any atom is 0.305 e. The fourth-order valence-corrected chi connectivity index (χ4v) is 1.78. The molecule has 0 saturated carbocycles. The Morgan fingerprint density at radius 3 is 2.45 bits per heavy atom. The molecule has 0 rings (SSSR count). The molecule has 1 atom stereocenters. The molecule has 0 aromatic carbocycles. The molecule has 0 radical (unpaired) electrons. The summed E-state index contributed by atoms with van der Waals surface area (Å²) < 4.78 is 4.82. The maximum atomic E-state index is 11.3. The van der Waals surface area contributed by atoms with Crippen LogP contribution in [0.1, 0.15) is 64.7 Å². The second-order valence-electron chi connectivity index (χ2n) is 5.09. The average Bonchev–Trinajstić information content (AvgIpc) is 2.46. The number of ether oxygens (including phenoxy) is 1. The van der Waals surface area contributed by atoms with E-state index in [4.69, 9.17) is 14.9 Å². The number of carbonyl (C=O) groups excluding carboxylic acids is 1. The van der Waals surface area contributed by atoms with Crippen molar-refractivity contribution in [3.63, 3.8) is 0 Å². The molecule has 0 fully saturated rings. The summed E-state index contributed by atoms with van der Waals surface area (Å²) in [6, 6.07) is 0. The first-order chi connectivity index (χ1) is 9.70. The van der Waals surface area contributed by atoms with Gasteiger partial charge in [0.05, 0.1) is 6.61 Å². The minimum absolute atomic E-state index is 0.112. The highest BCUT2D eigenvalue weighted by Gasteiger charge is 2.07. The third-order valence-corrected chi connectivity index (χ3v) is 3.02. The molecule has 0 aliphatic carbocycles. The minimum atomic E-state index is -0.959. The first-order valence-electron chi connectivity index (χ1n) is 7.80. The van der Waals surface area contributed by atoms with Crippen LogP contribution < -0.4 is 0 Å². The van der Waals surface area contributed by atoms with Gasteiger partial charge in [0, 0.05) is 6.42 Å². The molecule has 20 heavy (non-hydrogen) atoms. The fourth-order valence-electron chi connectivity index (χ4n) is 1.78. The van der Waals surface area contributed by atoms with E-state index >= 15 is 0 Å². The normalized spacial score (nSPS) is 12.8. The predicted molar refractivity (Wildman–Crippen MR) is 80.4 cm³/mol. The molecule has 0 aromatic heterocycles. The topological polar surface area (TPSA) is 66.8 Å². The Morgan fingerprint density at radius 2 is 1.75 bits per heavy atom. The van der Waals surface area contributed by atoms with Crippen molar-refractivity contribution in [2.75, 3.05) is 13.2 Å². The van der Waals surface area contributed by atoms with E-state index in [0.717, 1.165) is 25.7 Å². The summed E-state index contributed by atoms with van der Waals surface area (Å²) in [6.45, 7) is 1.69. The summed E-state index contributed by atoms with van der Waals surface area (Å²) in [5.41, 5.74) is 0. The van der Waals surface area contributed by atoms with Gasteiger partial charge >= 0.3 is 5.97 Å². The molecule has 118 valence electrons. The van der Waals surface area contributed by atoms with E-state index in [1.54, 1.807) is 0 Å². The van der Waals surface area contributed by atoms with Crippen LogP contribution in [-0.2, 0) is 9.53 Å². The zero-order valence-corrected chi connectivity index (χ0v) is 12.7. The molecule has 0 aliphatic rings. The predicted octanol–water partition coefficient (Wildman–Crippen LogP) is 2.97. The van der Waals surface area contributed by atoms with Gasteiger partial charge in [0.15, 0.2) is 0 Å². The van der Waals surface area contributed by atoms with Crippen molar-refractivity contribution in [3.8, 4) is 0 Å². The number of hydrogen-bond donors (Lipinski definition) is 2. The van der Waals surface area contributed by atoms with Crippen molar-refractivity contribution in [1.82, 2.24) is 0 Å². The summed E-state index contributed by atoms with van der Waals surface area (Å²) in [4.78, 5) is 11.3. The number of allylic oxidation sites excluding steroid dienone is 2. The van der Waals surface area contributed by atoms with E-state index in [2.05, 4.69) is 19.1 Å². The van der Waals surface area contributed by atoms with Gasteiger partial charge in [-0.25, -0.2) is 0 Å². The van der Waals surface area contributed by atoms with E-state index in [9.17, 15) is 4.79 Å². The number of esters is 1. The van der Waals surface area contributed by atoms with Gasteiger partial charge in [-0.3, -0.25) is 4.79 Å². The summed E-state index contributed by atoms with van der Waals surface area (Å²) >= 11 is 0. The summed E-state index contributed by atoms with van der Waals surface area (Å²) in [5.74, 6) is -0.292. The molecule has 1 unspecified atom stereocenters. The summed E-state index contributed by atoms with van der Waals surface area (Å²) in [7, 11) is 0. The largest absolute Gasteiger partial charge is 0.463 e. The molecule has 0 saturated heterocycles. The van der Waals surface area contributed by atoms with Gasteiger partial charge in [0.25, 0.3) is 0 Å². The van der Waals surface area contributed by atoms with Gasteiger partial charge in [-0.05, 0) is 25.7 Å². The lowest BCUT2D eigenvalue weighted by atomic mass is 10.1. The molecule has 4 heteroatoms. The SMILES string of the molecule is CCC/C=C\CCCCCCCC(=O)OCC(O)CO. The first-order valence-corrected chi connectivity index (χ1v) is 7.80. The Bertz CT molecular complexity index is 251. The van der Waals surface area contributed by atoms with Crippen molar-refractivity contribution in [2.45, 2.75) is 70.8 Å². The van der Waals surface area contributed by atoms with Crippen molar-refractivity contribution < 1.29 is 19.7 Å². The Balaban J connectivity index is 3.25. The molecule has 0 amide bonds. The van der Waals surface area contributed by atoms with E-state index in [1.807, 2.05) is 0 Å². The van der Waals surface area contributed by atoms with Crippen LogP contribution in [0.3, 0.4) is 0 Å². The Morgan fingerprint density at radius 1 is 1.10 bits per heavy atom. The molecule has 0 aliphatic heterocycles. The van der Waals surface area contributed by atoms with Gasteiger partial charge in [0.1, 0.15) is 12.7 Å². The van der Waals surface area contributed by atoms with Gasteiger partial charge in [-0.2, -0.15) is 0 Å². The number of carbonyl (C=O) groups is 1. The number of hydrogen-bond acceptors (Lipinski definition) is 4. The first kappa shape index (κ1) is 19.1. The second-order valence-corrected chi connectivity index (χ2v) is 5.09. The van der Waals surface area contributed by atoms with Crippen molar-refractivity contribution >= 4 is 5.97 Å². The molecule has 2 N–H and O–H groups in total. The van der Waals surface area contributed by atoms with Crippen LogP contribution in [0.25, 0.3) is 0 Å². The quantitative estimate of drug-likeness (QED) is 0.310. The highest BCUT2D eigenvalue weighted by molar-refractivity contribution is 5.69. The van der Waals surface area contributed by atoms with Crippen molar-refractivity contribution in [3.05, 3.63) is 12.2 Å². The van der Waals surface area contributed by atoms with Gasteiger partial charge in [0.2, 0.25) is 0 Å². The lowest BCUT2D eigenvalue weighted by Crippen LogP contribution is -2.21. The van der Waals surface area contributed by atoms with Crippen LogP contribution >= 0.6 is 0 Å². The van der Waals surface area contributed by atoms with Crippen LogP contribution in [0.2, 0.25) is 0 Å². The zero-order chi connectivity index (χ0) is 15.1. The molecule has 0 heterocycles. The van der Waals surface area contributed by atoms with Crippen LogP contribution in [0, 0.1) is 0 Å². The van der Waals surface area contributed by atoms with Crippen LogP contribution in [0.15, 0.2) is 12.2 Å². The summed E-state index contributed by atoms with van der Waals surface area (Å²) in [6.07, 6.45) is 12.9. The van der Waals surface area contributed by atoms with E-state index in [1.165, 1.54) is 25.7 Å². The molecule has 0 aromatic rings. The van der Waals surface area contributed by atoms with Crippen LogP contribution in [-0.4, -0.2) is 35.5 Å². The molecular formula is C16H30O4. The number of aliphatic hydroxyl groups excluding tert-OH is 2. The van der Waals surface area contributed by atoms with E-state index in [-0.39, 0.29) is 19.2 Å². The maximum absolute atomic E-state index is 11.3. The molecule has 0 spiro atoms. The third-order valence-electron chi connectivity index (χ3n) is 3.02.